The molecular weight excluding hydrogens is 300 g/mol. The van der Waals surface area contributed by atoms with Crippen LogP contribution in [0.3, 0.4) is 0 Å². The van der Waals surface area contributed by atoms with Crippen molar-refractivity contribution in [1.29, 1.82) is 0 Å². The number of aromatic amines is 1. The van der Waals surface area contributed by atoms with E-state index >= 15 is 0 Å². The standard InChI is InChI=1S/C20H16N2O2/c23-12-13-4-6-14(7-5-13)19-11-22-20-18(19)9-16(10-21-20)15-2-1-3-17(24)8-15/h1-11,23-24H,12H2,(H,21,22). The van der Waals surface area contributed by atoms with Gasteiger partial charge in [-0.1, -0.05) is 36.4 Å². The van der Waals surface area contributed by atoms with Crippen LogP contribution in [0.15, 0.2) is 67.0 Å². The van der Waals surface area contributed by atoms with Crippen molar-refractivity contribution >= 4 is 11.0 Å². The first-order valence-corrected chi connectivity index (χ1v) is 7.71. The smallest absolute Gasteiger partial charge is 0.137 e. The zero-order valence-corrected chi connectivity index (χ0v) is 12.9. The van der Waals surface area contributed by atoms with Crippen LogP contribution in [0.5, 0.6) is 5.75 Å². The van der Waals surface area contributed by atoms with E-state index in [1.807, 2.05) is 42.6 Å². The quantitative estimate of drug-likeness (QED) is 0.533. The van der Waals surface area contributed by atoms with Gasteiger partial charge in [0.2, 0.25) is 0 Å². The Bertz CT molecular complexity index is 1000. The van der Waals surface area contributed by atoms with Gasteiger partial charge < -0.3 is 15.2 Å². The Kier molecular flexibility index (Phi) is 3.52. The minimum atomic E-state index is 0.0391. The van der Waals surface area contributed by atoms with Gasteiger partial charge in [0.15, 0.2) is 0 Å². The number of phenols is 1. The van der Waals surface area contributed by atoms with Gasteiger partial charge in [-0.25, -0.2) is 4.98 Å². The van der Waals surface area contributed by atoms with E-state index in [0.29, 0.717) is 0 Å². The first kappa shape index (κ1) is 14.5. The number of aromatic hydroxyl groups is 1. The van der Waals surface area contributed by atoms with Gasteiger partial charge >= 0.3 is 0 Å². The Morgan fingerprint density at radius 2 is 1.75 bits per heavy atom. The van der Waals surface area contributed by atoms with E-state index in [9.17, 15) is 10.2 Å². The summed E-state index contributed by atoms with van der Waals surface area (Å²) in [6.45, 7) is 0.0391. The fourth-order valence-corrected chi connectivity index (χ4v) is 2.88. The van der Waals surface area contributed by atoms with Crippen molar-refractivity contribution in [3.63, 3.8) is 0 Å². The first-order chi connectivity index (χ1) is 11.7. The number of hydrogen-bond acceptors (Lipinski definition) is 3. The van der Waals surface area contributed by atoms with E-state index < -0.39 is 0 Å². The van der Waals surface area contributed by atoms with Crippen molar-refractivity contribution < 1.29 is 10.2 Å². The number of aliphatic hydroxyl groups is 1. The topological polar surface area (TPSA) is 69.1 Å². The molecule has 24 heavy (non-hydrogen) atoms. The number of phenolic OH excluding ortho intramolecular Hbond substituents is 1. The summed E-state index contributed by atoms with van der Waals surface area (Å²) in [5.41, 5.74) is 5.70. The molecule has 2 heterocycles. The van der Waals surface area contributed by atoms with Crippen LogP contribution in [0.25, 0.3) is 33.3 Å². The first-order valence-electron chi connectivity index (χ1n) is 7.71. The fourth-order valence-electron chi connectivity index (χ4n) is 2.88. The summed E-state index contributed by atoms with van der Waals surface area (Å²) >= 11 is 0. The number of aliphatic hydroxyl groups excluding tert-OH is 1. The van der Waals surface area contributed by atoms with Gasteiger partial charge in [0.05, 0.1) is 6.61 Å². The molecule has 0 saturated heterocycles. The third-order valence-corrected chi connectivity index (χ3v) is 4.16. The summed E-state index contributed by atoms with van der Waals surface area (Å²) in [5, 5.41) is 19.9. The number of fused-ring (bicyclic) bond motifs is 1. The maximum Gasteiger partial charge on any atom is 0.137 e. The van der Waals surface area contributed by atoms with Crippen LogP contribution in [0.4, 0.5) is 0 Å². The zero-order valence-electron chi connectivity index (χ0n) is 12.9. The van der Waals surface area contributed by atoms with E-state index in [2.05, 4.69) is 16.0 Å². The molecule has 0 spiro atoms. The van der Waals surface area contributed by atoms with Gasteiger partial charge in [0, 0.05) is 28.9 Å². The lowest BCUT2D eigenvalue weighted by molar-refractivity contribution is 0.282. The van der Waals surface area contributed by atoms with Gasteiger partial charge in [-0.3, -0.25) is 0 Å². The average molecular weight is 316 g/mol. The maximum absolute atomic E-state index is 9.68. The molecule has 4 rings (SSSR count). The molecule has 0 aliphatic carbocycles. The van der Waals surface area contributed by atoms with E-state index in [-0.39, 0.29) is 12.4 Å². The Morgan fingerprint density at radius 3 is 2.50 bits per heavy atom. The van der Waals surface area contributed by atoms with Crippen LogP contribution >= 0.6 is 0 Å². The summed E-state index contributed by atoms with van der Waals surface area (Å²) in [6.07, 6.45) is 3.74. The molecule has 0 fully saturated rings. The highest BCUT2D eigenvalue weighted by molar-refractivity contribution is 5.95. The molecule has 0 aliphatic rings. The second kappa shape index (κ2) is 5.83. The van der Waals surface area contributed by atoms with Crippen molar-refractivity contribution in [3.05, 3.63) is 72.6 Å². The van der Waals surface area contributed by atoms with E-state index in [1.54, 1.807) is 18.3 Å². The lowest BCUT2D eigenvalue weighted by atomic mass is 10.0. The highest BCUT2D eigenvalue weighted by atomic mass is 16.3. The number of benzene rings is 2. The van der Waals surface area contributed by atoms with Crippen LogP contribution in [0.1, 0.15) is 5.56 Å². The molecule has 0 amide bonds. The number of nitrogens with one attached hydrogen (secondary N) is 1. The van der Waals surface area contributed by atoms with Crippen molar-refractivity contribution in [1.82, 2.24) is 9.97 Å². The summed E-state index contributed by atoms with van der Waals surface area (Å²) in [4.78, 5) is 7.69. The number of aromatic nitrogens is 2. The number of hydrogen-bond donors (Lipinski definition) is 3. The van der Waals surface area contributed by atoms with E-state index in [0.717, 1.165) is 38.9 Å². The molecule has 0 radical (unpaired) electrons. The van der Waals surface area contributed by atoms with Crippen molar-refractivity contribution in [2.24, 2.45) is 0 Å². The van der Waals surface area contributed by atoms with Gasteiger partial charge in [0.1, 0.15) is 11.4 Å². The molecule has 0 saturated carbocycles. The van der Waals surface area contributed by atoms with Crippen molar-refractivity contribution in [2.75, 3.05) is 0 Å². The van der Waals surface area contributed by atoms with E-state index in [4.69, 9.17) is 0 Å². The molecule has 4 nitrogen and oxygen atoms in total. The number of rotatable bonds is 3. The van der Waals surface area contributed by atoms with Gasteiger partial charge in [-0.15, -0.1) is 0 Å². The van der Waals surface area contributed by atoms with Crippen molar-refractivity contribution in [3.8, 4) is 28.0 Å². The molecule has 0 atom stereocenters. The molecule has 3 N–H and O–H groups in total. The molecule has 0 bridgehead atoms. The van der Waals surface area contributed by atoms with Crippen LogP contribution in [0.2, 0.25) is 0 Å². The largest absolute Gasteiger partial charge is 0.508 e. The van der Waals surface area contributed by atoms with Crippen molar-refractivity contribution in [2.45, 2.75) is 6.61 Å². The lowest BCUT2D eigenvalue weighted by Crippen LogP contribution is -1.84. The predicted octanol–water partition coefficient (Wildman–Crippen LogP) is 4.09. The zero-order chi connectivity index (χ0) is 16.5. The Hall–Kier alpha value is -3.11. The van der Waals surface area contributed by atoms with Crippen LogP contribution in [0, 0.1) is 0 Å². The van der Waals surface area contributed by atoms with E-state index in [1.165, 1.54) is 0 Å². The molecular formula is C20H16N2O2. The Labute approximate surface area is 139 Å². The minimum absolute atomic E-state index is 0.0391. The fraction of sp³-hybridized carbons (Fsp3) is 0.0500. The normalized spacial score (nSPS) is 11.0. The summed E-state index contributed by atoms with van der Waals surface area (Å²) in [5.74, 6) is 0.237. The summed E-state index contributed by atoms with van der Waals surface area (Å²) in [7, 11) is 0. The third kappa shape index (κ3) is 2.53. The predicted molar refractivity (Wildman–Crippen MR) is 94.6 cm³/mol. The van der Waals surface area contributed by atoms with Crippen LogP contribution in [-0.2, 0) is 6.61 Å². The molecule has 2 aromatic carbocycles. The molecule has 2 aromatic heterocycles. The van der Waals surface area contributed by atoms with Gasteiger partial charge in [0.25, 0.3) is 0 Å². The summed E-state index contributed by atoms with van der Waals surface area (Å²) in [6, 6.07) is 17.0. The highest BCUT2D eigenvalue weighted by Gasteiger charge is 2.09. The summed E-state index contributed by atoms with van der Waals surface area (Å²) < 4.78 is 0. The van der Waals surface area contributed by atoms with Gasteiger partial charge in [-0.05, 0) is 34.9 Å². The molecule has 4 heteroatoms. The molecule has 0 aliphatic heterocycles. The Balaban J connectivity index is 1.83. The minimum Gasteiger partial charge on any atom is -0.508 e. The number of nitrogens with zero attached hydrogens (tertiary/aromatic N) is 1. The second-order valence-electron chi connectivity index (χ2n) is 5.73. The van der Waals surface area contributed by atoms with Crippen LogP contribution in [-0.4, -0.2) is 20.2 Å². The SMILES string of the molecule is OCc1ccc(-c2c[nH]c3ncc(-c4cccc(O)c4)cc23)cc1. The lowest BCUT2D eigenvalue weighted by Gasteiger charge is -2.05. The molecule has 0 unspecified atom stereocenters. The van der Waals surface area contributed by atoms with Crippen LogP contribution < -0.4 is 0 Å². The second-order valence-corrected chi connectivity index (χ2v) is 5.73. The highest BCUT2D eigenvalue weighted by Crippen LogP contribution is 2.31. The maximum atomic E-state index is 9.68. The van der Waals surface area contributed by atoms with Gasteiger partial charge in [-0.2, -0.15) is 0 Å². The monoisotopic (exact) mass is 316 g/mol. The average Bonchev–Trinajstić information content (AvgIpc) is 3.05. The third-order valence-electron chi connectivity index (χ3n) is 4.16. The number of pyridine rings is 1. The Morgan fingerprint density at radius 1 is 0.917 bits per heavy atom. The number of H-pyrrole nitrogens is 1. The molecule has 118 valence electrons. The molecule has 4 aromatic rings.